The van der Waals surface area contributed by atoms with Gasteiger partial charge in [-0.1, -0.05) is 24.3 Å². The number of aliphatic hydroxyl groups excluding tert-OH is 1. The van der Waals surface area contributed by atoms with Crippen molar-refractivity contribution in [2.24, 2.45) is 0 Å². The number of urea groups is 1. The third kappa shape index (κ3) is 3.48. The molecule has 108 valence electrons. The van der Waals surface area contributed by atoms with E-state index in [1.165, 1.54) is 5.56 Å². The second kappa shape index (κ2) is 6.38. The molecule has 2 unspecified atom stereocenters. The Morgan fingerprint density at radius 2 is 2.10 bits per heavy atom. The summed E-state index contributed by atoms with van der Waals surface area (Å²) in [5, 5.41) is 22.8. The minimum absolute atomic E-state index is 0.0677. The van der Waals surface area contributed by atoms with Gasteiger partial charge >= 0.3 is 12.0 Å². The second-order valence-corrected chi connectivity index (χ2v) is 4.85. The first-order valence-electron chi connectivity index (χ1n) is 6.61. The summed E-state index contributed by atoms with van der Waals surface area (Å²) in [6.45, 7) is -0.310. The molecule has 0 aromatic heterocycles. The summed E-state index contributed by atoms with van der Waals surface area (Å²) in [5.74, 6) is -1.35. The number of rotatable bonds is 4. The van der Waals surface area contributed by atoms with Crippen molar-refractivity contribution in [3.8, 4) is 0 Å². The van der Waals surface area contributed by atoms with Crippen LogP contribution in [0.1, 0.15) is 30.0 Å². The molecule has 20 heavy (non-hydrogen) atoms. The summed E-state index contributed by atoms with van der Waals surface area (Å²) in [7, 11) is 0. The molecule has 2 atom stereocenters. The van der Waals surface area contributed by atoms with Crippen molar-refractivity contribution < 1.29 is 19.8 Å². The Bertz CT molecular complexity index is 504. The fraction of sp³-hybridized carbons (Fsp3) is 0.429. The van der Waals surface area contributed by atoms with E-state index in [1.807, 2.05) is 18.2 Å². The highest BCUT2D eigenvalue weighted by Gasteiger charge is 2.22. The van der Waals surface area contributed by atoms with E-state index in [9.17, 15) is 9.59 Å². The number of aliphatic hydroxyl groups is 1. The van der Waals surface area contributed by atoms with Gasteiger partial charge in [-0.15, -0.1) is 0 Å². The largest absolute Gasteiger partial charge is 0.479 e. The van der Waals surface area contributed by atoms with Gasteiger partial charge in [0.25, 0.3) is 0 Å². The van der Waals surface area contributed by atoms with Crippen LogP contribution >= 0.6 is 0 Å². The standard InChI is InChI=1S/C14H18N2O4/c17-12(13(18)19)8-15-14(20)16-11-7-3-5-9-4-1-2-6-10(9)11/h1-2,4,6,11-12,17H,3,5,7-8H2,(H,18,19)(H2,15,16,20). The topological polar surface area (TPSA) is 98.7 Å². The van der Waals surface area contributed by atoms with Gasteiger partial charge in [-0.05, 0) is 30.4 Å². The van der Waals surface area contributed by atoms with Gasteiger partial charge in [0.05, 0.1) is 12.6 Å². The third-order valence-electron chi connectivity index (χ3n) is 3.42. The Hall–Kier alpha value is -2.08. The van der Waals surface area contributed by atoms with Gasteiger partial charge in [-0.2, -0.15) is 0 Å². The number of nitrogens with one attached hydrogen (secondary N) is 2. The van der Waals surface area contributed by atoms with Crippen LogP contribution in [-0.2, 0) is 11.2 Å². The Labute approximate surface area is 116 Å². The number of aryl methyl sites for hydroxylation is 1. The zero-order chi connectivity index (χ0) is 14.5. The van der Waals surface area contributed by atoms with Gasteiger partial charge in [-0.3, -0.25) is 0 Å². The number of aliphatic carboxylic acids is 1. The van der Waals surface area contributed by atoms with Crippen molar-refractivity contribution in [3.63, 3.8) is 0 Å². The van der Waals surface area contributed by atoms with Gasteiger partial charge in [-0.25, -0.2) is 9.59 Å². The number of fused-ring (bicyclic) bond motifs is 1. The lowest BCUT2D eigenvalue weighted by Crippen LogP contribution is -2.43. The molecule has 1 aliphatic carbocycles. The number of amides is 2. The molecule has 0 spiro atoms. The minimum Gasteiger partial charge on any atom is -0.479 e. The maximum atomic E-state index is 11.7. The predicted molar refractivity (Wildman–Crippen MR) is 72.3 cm³/mol. The van der Waals surface area contributed by atoms with Crippen molar-refractivity contribution in [1.29, 1.82) is 0 Å². The average Bonchev–Trinajstić information content (AvgIpc) is 2.45. The van der Waals surface area contributed by atoms with E-state index < -0.39 is 18.1 Å². The highest BCUT2D eigenvalue weighted by atomic mass is 16.4. The summed E-state index contributed by atoms with van der Waals surface area (Å²) in [6, 6.07) is 7.42. The van der Waals surface area contributed by atoms with Crippen LogP contribution in [0.5, 0.6) is 0 Å². The molecular weight excluding hydrogens is 260 g/mol. The van der Waals surface area contributed by atoms with Crippen LogP contribution in [0.4, 0.5) is 4.79 Å². The molecule has 2 amide bonds. The van der Waals surface area contributed by atoms with Crippen LogP contribution in [0, 0.1) is 0 Å². The summed E-state index contributed by atoms with van der Waals surface area (Å²) in [4.78, 5) is 22.2. The van der Waals surface area contributed by atoms with Gasteiger partial charge in [0.1, 0.15) is 0 Å². The molecule has 2 rings (SSSR count). The molecule has 1 aliphatic rings. The molecule has 0 saturated heterocycles. The molecule has 4 N–H and O–H groups in total. The number of carboxylic acids is 1. The van der Waals surface area contributed by atoms with Crippen LogP contribution in [-0.4, -0.2) is 34.9 Å². The van der Waals surface area contributed by atoms with Crippen LogP contribution < -0.4 is 10.6 Å². The van der Waals surface area contributed by atoms with E-state index >= 15 is 0 Å². The fourth-order valence-corrected chi connectivity index (χ4v) is 2.39. The third-order valence-corrected chi connectivity index (χ3v) is 3.42. The summed E-state index contributed by atoms with van der Waals surface area (Å²) >= 11 is 0. The lowest BCUT2D eigenvalue weighted by molar-refractivity contribution is -0.146. The first kappa shape index (κ1) is 14.3. The first-order chi connectivity index (χ1) is 9.58. The van der Waals surface area contributed by atoms with E-state index in [0.717, 1.165) is 24.8 Å². The number of benzene rings is 1. The smallest absolute Gasteiger partial charge is 0.334 e. The number of hydrogen-bond donors (Lipinski definition) is 4. The summed E-state index contributed by atoms with van der Waals surface area (Å²) in [6.07, 6.45) is 1.28. The average molecular weight is 278 g/mol. The Balaban J connectivity index is 1.91. The zero-order valence-corrected chi connectivity index (χ0v) is 11.0. The zero-order valence-electron chi connectivity index (χ0n) is 11.0. The number of carbonyl (C=O) groups is 2. The van der Waals surface area contributed by atoms with Crippen molar-refractivity contribution in [2.75, 3.05) is 6.54 Å². The maximum absolute atomic E-state index is 11.7. The Kier molecular flexibility index (Phi) is 4.57. The van der Waals surface area contributed by atoms with E-state index in [1.54, 1.807) is 0 Å². The highest BCUT2D eigenvalue weighted by molar-refractivity contribution is 5.77. The van der Waals surface area contributed by atoms with Crippen LogP contribution in [0.25, 0.3) is 0 Å². The SMILES string of the molecule is O=C(NCC(O)C(=O)O)NC1CCCc2ccccc21. The van der Waals surface area contributed by atoms with Gasteiger partial charge in [0, 0.05) is 0 Å². The van der Waals surface area contributed by atoms with Gasteiger partial charge in [0.2, 0.25) is 0 Å². The van der Waals surface area contributed by atoms with Crippen molar-refractivity contribution in [3.05, 3.63) is 35.4 Å². The molecule has 6 nitrogen and oxygen atoms in total. The van der Waals surface area contributed by atoms with Crippen molar-refractivity contribution in [2.45, 2.75) is 31.4 Å². The fourth-order valence-electron chi connectivity index (χ4n) is 2.39. The quantitative estimate of drug-likeness (QED) is 0.655. The number of carbonyl (C=O) groups excluding carboxylic acids is 1. The maximum Gasteiger partial charge on any atom is 0.334 e. The van der Waals surface area contributed by atoms with Crippen LogP contribution in [0.3, 0.4) is 0 Å². The molecule has 0 saturated carbocycles. The lowest BCUT2D eigenvalue weighted by Gasteiger charge is -2.26. The Morgan fingerprint density at radius 1 is 1.35 bits per heavy atom. The van der Waals surface area contributed by atoms with E-state index in [4.69, 9.17) is 10.2 Å². The van der Waals surface area contributed by atoms with Gasteiger partial charge in [0.15, 0.2) is 6.10 Å². The molecule has 0 bridgehead atoms. The molecule has 0 heterocycles. The number of carboxylic acid groups (broad SMARTS) is 1. The molecule has 0 radical (unpaired) electrons. The molecule has 0 fully saturated rings. The monoisotopic (exact) mass is 278 g/mol. The molecule has 6 heteroatoms. The van der Waals surface area contributed by atoms with E-state index in [0.29, 0.717) is 0 Å². The second-order valence-electron chi connectivity index (χ2n) is 4.85. The van der Waals surface area contributed by atoms with E-state index in [2.05, 4.69) is 16.7 Å². The molecule has 1 aromatic carbocycles. The Morgan fingerprint density at radius 3 is 2.85 bits per heavy atom. The van der Waals surface area contributed by atoms with Gasteiger partial charge < -0.3 is 20.8 Å². The molecular formula is C14H18N2O4. The van der Waals surface area contributed by atoms with E-state index in [-0.39, 0.29) is 12.6 Å². The van der Waals surface area contributed by atoms with Crippen LogP contribution in [0.2, 0.25) is 0 Å². The molecule has 1 aromatic rings. The van der Waals surface area contributed by atoms with Crippen molar-refractivity contribution >= 4 is 12.0 Å². The summed E-state index contributed by atoms with van der Waals surface area (Å²) in [5.41, 5.74) is 2.34. The predicted octanol–water partition coefficient (Wildman–Crippen LogP) is 0.809. The van der Waals surface area contributed by atoms with Crippen molar-refractivity contribution in [1.82, 2.24) is 10.6 Å². The number of hydrogen-bond acceptors (Lipinski definition) is 3. The first-order valence-corrected chi connectivity index (χ1v) is 6.61. The molecule has 0 aliphatic heterocycles. The lowest BCUT2D eigenvalue weighted by atomic mass is 9.88. The van der Waals surface area contributed by atoms with Crippen LogP contribution in [0.15, 0.2) is 24.3 Å². The highest BCUT2D eigenvalue weighted by Crippen LogP contribution is 2.29. The normalized spacial score (nSPS) is 18.8. The minimum atomic E-state index is -1.58. The summed E-state index contributed by atoms with van der Waals surface area (Å²) < 4.78 is 0.